The van der Waals surface area contributed by atoms with Gasteiger partial charge in [-0.1, -0.05) is 18.2 Å². The number of amides is 1. The van der Waals surface area contributed by atoms with Gasteiger partial charge in [0.1, 0.15) is 0 Å². The highest BCUT2D eigenvalue weighted by Crippen LogP contribution is 2.31. The van der Waals surface area contributed by atoms with E-state index in [2.05, 4.69) is 4.72 Å². The smallest absolute Gasteiger partial charge is 0.279 e. The van der Waals surface area contributed by atoms with E-state index in [-0.39, 0.29) is 18.5 Å². The average Bonchev–Trinajstić information content (AvgIpc) is 2.71. The van der Waals surface area contributed by atoms with Crippen molar-refractivity contribution in [2.45, 2.75) is 19.4 Å². The molecule has 1 amide bonds. The Morgan fingerprint density at radius 2 is 2.05 bits per heavy atom. The molecule has 1 unspecified atom stereocenters. The van der Waals surface area contributed by atoms with Gasteiger partial charge in [-0.15, -0.1) is 0 Å². The lowest BCUT2D eigenvalue weighted by Crippen LogP contribution is -2.45. The minimum Gasteiger partial charge on any atom is -0.308 e. The molecular formula is C13H19N3O3S. The number of benzene rings is 1. The Morgan fingerprint density at radius 1 is 1.40 bits per heavy atom. The second kappa shape index (κ2) is 5.51. The number of hydrogen-bond acceptors (Lipinski definition) is 3. The first kappa shape index (κ1) is 15.0. The van der Waals surface area contributed by atoms with Gasteiger partial charge in [-0.25, -0.2) is 0 Å². The monoisotopic (exact) mass is 297 g/mol. The van der Waals surface area contributed by atoms with Gasteiger partial charge in [-0.3, -0.25) is 4.79 Å². The third kappa shape index (κ3) is 2.84. The molecule has 0 fully saturated rings. The quantitative estimate of drug-likeness (QED) is 0.872. The SMILES string of the molecule is CC1Cc2ccccc2N1C(=O)CNS(=O)(=O)N(C)C. The van der Waals surface area contributed by atoms with Gasteiger partial charge in [0.25, 0.3) is 10.2 Å². The molecule has 0 aliphatic carbocycles. The fourth-order valence-electron chi connectivity index (χ4n) is 2.31. The molecule has 1 atom stereocenters. The fraction of sp³-hybridized carbons (Fsp3) is 0.462. The zero-order chi connectivity index (χ0) is 14.9. The van der Waals surface area contributed by atoms with Gasteiger partial charge >= 0.3 is 0 Å². The van der Waals surface area contributed by atoms with Gasteiger partial charge in [0.05, 0.1) is 6.54 Å². The van der Waals surface area contributed by atoms with Crippen molar-refractivity contribution in [2.75, 3.05) is 25.5 Å². The molecule has 1 N–H and O–H groups in total. The fourth-order valence-corrected chi connectivity index (χ4v) is 2.88. The Kier molecular flexibility index (Phi) is 4.12. The zero-order valence-electron chi connectivity index (χ0n) is 11.8. The van der Waals surface area contributed by atoms with Crippen LogP contribution in [-0.2, 0) is 21.4 Å². The number of para-hydroxylation sites is 1. The van der Waals surface area contributed by atoms with Gasteiger partial charge < -0.3 is 4.90 Å². The first-order valence-corrected chi connectivity index (χ1v) is 7.84. The van der Waals surface area contributed by atoms with E-state index >= 15 is 0 Å². The summed E-state index contributed by atoms with van der Waals surface area (Å²) in [5.74, 6) is -0.243. The Labute approximate surface area is 119 Å². The van der Waals surface area contributed by atoms with E-state index in [9.17, 15) is 13.2 Å². The van der Waals surface area contributed by atoms with Crippen molar-refractivity contribution in [3.8, 4) is 0 Å². The van der Waals surface area contributed by atoms with Crippen LogP contribution in [0.25, 0.3) is 0 Å². The van der Waals surface area contributed by atoms with Crippen LogP contribution in [0.2, 0.25) is 0 Å². The first-order chi connectivity index (χ1) is 9.33. The highest BCUT2D eigenvalue weighted by atomic mass is 32.2. The molecule has 2 rings (SSSR count). The lowest BCUT2D eigenvalue weighted by Gasteiger charge is -2.23. The molecule has 1 aliphatic rings. The standard InChI is InChI=1S/C13H19N3O3S/c1-10-8-11-6-4-5-7-12(11)16(10)13(17)9-14-20(18,19)15(2)3/h4-7,10,14H,8-9H2,1-3H3. The topological polar surface area (TPSA) is 69.7 Å². The predicted octanol–water partition coefficient (Wildman–Crippen LogP) is 0.360. The molecule has 0 radical (unpaired) electrons. The van der Waals surface area contributed by atoms with E-state index in [1.165, 1.54) is 14.1 Å². The van der Waals surface area contributed by atoms with E-state index in [0.717, 1.165) is 22.0 Å². The molecule has 0 saturated carbocycles. The normalized spacial score (nSPS) is 18.4. The van der Waals surface area contributed by atoms with Gasteiger partial charge in [-0.2, -0.15) is 17.4 Å². The van der Waals surface area contributed by atoms with E-state index in [1.807, 2.05) is 31.2 Å². The number of nitrogens with one attached hydrogen (secondary N) is 1. The number of carbonyl (C=O) groups is 1. The third-order valence-corrected chi connectivity index (χ3v) is 4.83. The summed E-state index contributed by atoms with van der Waals surface area (Å²) >= 11 is 0. The summed E-state index contributed by atoms with van der Waals surface area (Å²) in [6, 6.07) is 7.74. The maximum Gasteiger partial charge on any atom is 0.279 e. The molecular weight excluding hydrogens is 278 g/mol. The molecule has 0 aromatic heterocycles. The lowest BCUT2D eigenvalue weighted by atomic mass is 10.1. The maximum atomic E-state index is 12.3. The van der Waals surface area contributed by atoms with Crippen LogP contribution in [0.3, 0.4) is 0 Å². The first-order valence-electron chi connectivity index (χ1n) is 6.40. The molecule has 110 valence electrons. The summed E-state index contributed by atoms with van der Waals surface area (Å²) in [5, 5.41) is 0. The molecule has 0 spiro atoms. The Balaban J connectivity index is 2.11. The molecule has 20 heavy (non-hydrogen) atoms. The number of fused-ring (bicyclic) bond motifs is 1. The van der Waals surface area contributed by atoms with Crippen LogP contribution in [0.1, 0.15) is 12.5 Å². The molecule has 6 nitrogen and oxygen atoms in total. The Morgan fingerprint density at radius 3 is 2.70 bits per heavy atom. The van der Waals surface area contributed by atoms with Crippen molar-refractivity contribution in [3.05, 3.63) is 29.8 Å². The summed E-state index contributed by atoms with van der Waals surface area (Å²) in [6.07, 6.45) is 0.794. The van der Waals surface area contributed by atoms with E-state index < -0.39 is 10.2 Å². The number of carbonyl (C=O) groups excluding carboxylic acids is 1. The second-order valence-corrected chi connectivity index (χ2v) is 7.02. The number of rotatable bonds is 4. The van der Waals surface area contributed by atoms with Crippen molar-refractivity contribution < 1.29 is 13.2 Å². The summed E-state index contributed by atoms with van der Waals surface area (Å²) in [6.45, 7) is 1.72. The van der Waals surface area contributed by atoms with Crippen LogP contribution in [0, 0.1) is 0 Å². The van der Waals surface area contributed by atoms with Crippen LogP contribution < -0.4 is 9.62 Å². The van der Waals surface area contributed by atoms with Crippen molar-refractivity contribution in [1.29, 1.82) is 0 Å². The molecule has 1 heterocycles. The Hall–Kier alpha value is -1.44. The number of nitrogens with zero attached hydrogens (tertiary/aromatic N) is 2. The molecule has 1 aromatic rings. The third-order valence-electron chi connectivity index (χ3n) is 3.36. The number of anilines is 1. The molecule has 7 heteroatoms. The summed E-state index contributed by atoms with van der Waals surface area (Å²) in [5.41, 5.74) is 1.98. The highest BCUT2D eigenvalue weighted by molar-refractivity contribution is 7.87. The van der Waals surface area contributed by atoms with E-state index in [1.54, 1.807) is 4.90 Å². The van der Waals surface area contributed by atoms with E-state index in [4.69, 9.17) is 0 Å². The maximum absolute atomic E-state index is 12.3. The van der Waals surface area contributed by atoms with Gasteiger partial charge in [-0.05, 0) is 25.0 Å². The summed E-state index contributed by atoms with van der Waals surface area (Å²) < 4.78 is 26.6. The largest absolute Gasteiger partial charge is 0.308 e. The predicted molar refractivity (Wildman–Crippen MR) is 77.7 cm³/mol. The average molecular weight is 297 g/mol. The van der Waals surface area contributed by atoms with Crippen molar-refractivity contribution in [3.63, 3.8) is 0 Å². The van der Waals surface area contributed by atoms with Crippen molar-refractivity contribution in [1.82, 2.24) is 9.03 Å². The summed E-state index contributed by atoms with van der Waals surface area (Å²) in [4.78, 5) is 13.9. The van der Waals surface area contributed by atoms with Crippen LogP contribution in [0.15, 0.2) is 24.3 Å². The molecule has 0 bridgehead atoms. The zero-order valence-corrected chi connectivity index (χ0v) is 12.6. The van der Waals surface area contributed by atoms with Crippen molar-refractivity contribution in [2.24, 2.45) is 0 Å². The minimum atomic E-state index is -3.58. The Bertz CT molecular complexity index is 613. The van der Waals surface area contributed by atoms with Crippen LogP contribution in [0.4, 0.5) is 5.69 Å². The van der Waals surface area contributed by atoms with E-state index in [0.29, 0.717) is 0 Å². The van der Waals surface area contributed by atoms with Gasteiger partial charge in [0.2, 0.25) is 5.91 Å². The van der Waals surface area contributed by atoms with Crippen LogP contribution >= 0.6 is 0 Å². The van der Waals surface area contributed by atoms with Crippen molar-refractivity contribution >= 4 is 21.8 Å². The molecule has 0 saturated heterocycles. The number of hydrogen-bond donors (Lipinski definition) is 1. The summed E-state index contributed by atoms with van der Waals surface area (Å²) in [7, 11) is -0.747. The second-order valence-electron chi connectivity index (χ2n) is 5.05. The minimum absolute atomic E-state index is 0.0451. The molecule has 1 aliphatic heterocycles. The van der Waals surface area contributed by atoms with Gasteiger partial charge in [0.15, 0.2) is 0 Å². The molecule has 1 aromatic carbocycles. The highest BCUT2D eigenvalue weighted by Gasteiger charge is 2.30. The van der Waals surface area contributed by atoms with Gasteiger partial charge in [0, 0.05) is 25.8 Å². The lowest BCUT2D eigenvalue weighted by molar-refractivity contribution is -0.117. The van der Waals surface area contributed by atoms with Crippen LogP contribution in [0.5, 0.6) is 0 Å². The van der Waals surface area contributed by atoms with Crippen LogP contribution in [-0.4, -0.2) is 45.3 Å².